The smallest absolute Gasteiger partial charge is 0.221 e. The second kappa shape index (κ2) is 5.65. The van der Waals surface area contributed by atoms with Crippen molar-refractivity contribution >= 4 is 5.91 Å². The predicted molar refractivity (Wildman–Crippen MR) is 68.7 cm³/mol. The Balaban J connectivity index is 2.07. The van der Waals surface area contributed by atoms with Crippen molar-refractivity contribution in [2.45, 2.75) is 25.9 Å². The van der Waals surface area contributed by atoms with Crippen molar-refractivity contribution in [3.63, 3.8) is 0 Å². The largest absolute Gasteiger partial charge is 0.355 e. The second-order valence-corrected chi connectivity index (χ2v) is 4.69. The molecular weight excluding hydrogens is 226 g/mol. The summed E-state index contributed by atoms with van der Waals surface area (Å²) in [5.41, 5.74) is 1.81. The Morgan fingerprint density at radius 1 is 1.56 bits per heavy atom. The molecular formula is C14H17N3O. The van der Waals surface area contributed by atoms with Gasteiger partial charge in [0.15, 0.2) is 0 Å². The molecule has 0 bridgehead atoms. The van der Waals surface area contributed by atoms with Crippen LogP contribution in [0.15, 0.2) is 24.3 Å². The summed E-state index contributed by atoms with van der Waals surface area (Å²) in [5, 5.41) is 11.8. The fourth-order valence-electron chi connectivity index (χ4n) is 2.24. The number of nitriles is 1. The topological polar surface area (TPSA) is 56.1 Å². The maximum absolute atomic E-state index is 11.4. The third kappa shape index (κ3) is 3.08. The molecule has 1 aliphatic rings. The van der Waals surface area contributed by atoms with E-state index in [9.17, 15) is 4.79 Å². The van der Waals surface area contributed by atoms with E-state index >= 15 is 0 Å². The summed E-state index contributed by atoms with van der Waals surface area (Å²) in [6.07, 6.45) is 0.540. The quantitative estimate of drug-likeness (QED) is 0.851. The first-order valence-electron chi connectivity index (χ1n) is 6.19. The van der Waals surface area contributed by atoms with E-state index in [0.29, 0.717) is 18.5 Å². The molecule has 0 aliphatic carbocycles. The standard InChI is InChI=1S/C14H17N3O/c1-11-7-14(18)16-5-6-17(11)10-13-4-2-3-12(8-13)9-15/h2-4,8,11H,5-7,10H2,1H3,(H,16,18). The number of rotatable bonds is 2. The van der Waals surface area contributed by atoms with Crippen LogP contribution in [0, 0.1) is 11.3 Å². The van der Waals surface area contributed by atoms with E-state index in [2.05, 4.69) is 23.2 Å². The van der Waals surface area contributed by atoms with Crippen LogP contribution >= 0.6 is 0 Å². The molecule has 2 rings (SSSR count). The first-order valence-corrected chi connectivity index (χ1v) is 6.19. The van der Waals surface area contributed by atoms with Crippen LogP contribution in [0.2, 0.25) is 0 Å². The number of carbonyl (C=O) groups is 1. The molecule has 0 radical (unpaired) electrons. The van der Waals surface area contributed by atoms with Gasteiger partial charge in [0.05, 0.1) is 11.6 Å². The molecule has 1 aromatic rings. The van der Waals surface area contributed by atoms with Crippen molar-refractivity contribution in [2.24, 2.45) is 0 Å². The lowest BCUT2D eigenvalue weighted by atomic mass is 10.1. The number of hydrogen-bond acceptors (Lipinski definition) is 3. The Labute approximate surface area is 107 Å². The van der Waals surface area contributed by atoms with Gasteiger partial charge in [-0.2, -0.15) is 5.26 Å². The lowest BCUT2D eigenvalue weighted by molar-refractivity contribution is -0.121. The minimum absolute atomic E-state index is 0.121. The highest BCUT2D eigenvalue weighted by Gasteiger charge is 2.20. The van der Waals surface area contributed by atoms with Crippen LogP contribution in [0.1, 0.15) is 24.5 Å². The van der Waals surface area contributed by atoms with Gasteiger partial charge < -0.3 is 5.32 Å². The molecule has 0 saturated carbocycles. The minimum atomic E-state index is 0.121. The maximum atomic E-state index is 11.4. The maximum Gasteiger partial charge on any atom is 0.221 e. The summed E-state index contributed by atoms with van der Waals surface area (Å²) in [7, 11) is 0. The molecule has 4 nitrogen and oxygen atoms in total. The second-order valence-electron chi connectivity index (χ2n) is 4.69. The summed E-state index contributed by atoms with van der Waals surface area (Å²) in [6.45, 7) is 4.40. The van der Waals surface area contributed by atoms with E-state index < -0.39 is 0 Å². The van der Waals surface area contributed by atoms with Crippen molar-refractivity contribution in [3.8, 4) is 6.07 Å². The zero-order chi connectivity index (χ0) is 13.0. The molecule has 1 N–H and O–H groups in total. The van der Waals surface area contributed by atoms with Crippen LogP contribution in [0.3, 0.4) is 0 Å². The Hall–Kier alpha value is -1.86. The lowest BCUT2D eigenvalue weighted by Gasteiger charge is -2.25. The number of hydrogen-bond donors (Lipinski definition) is 1. The van der Waals surface area contributed by atoms with E-state index in [0.717, 1.165) is 18.7 Å². The number of nitrogens with zero attached hydrogens (tertiary/aromatic N) is 2. The van der Waals surface area contributed by atoms with Gasteiger partial charge in [-0.1, -0.05) is 12.1 Å². The van der Waals surface area contributed by atoms with E-state index in [4.69, 9.17) is 5.26 Å². The molecule has 0 spiro atoms. The van der Waals surface area contributed by atoms with E-state index in [-0.39, 0.29) is 11.9 Å². The van der Waals surface area contributed by atoms with Gasteiger partial charge in [0.25, 0.3) is 0 Å². The van der Waals surface area contributed by atoms with Crippen LogP contribution in [-0.2, 0) is 11.3 Å². The Bertz CT molecular complexity index is 478. The van der Waals surface area contributed by atoms with Crippen LogP contribution in [0.25, 0.3) is 0 Å². The lowest BCUT2D eigenvalue weighted by Crippen LogP contribution is -2.33. The molecule has 1 aliphatic heterocycles. The number of benzene rings is 1. The van der Waals surface area contributed by atoms with Crippen LogP contribution in [-0.4, -0.2) is 29.9 Å². The predicted octanol–water partition coefficient (Wildman–Crippen LogP) is 1.27. The summed E-state index contributed by atoms with van der Waals surface area (Å²) in [4.78, 5) is 13.7. The molecule has 1 atom stereocenters. The van der Waals surface area contributed by atoms with Crippen LogP contribution < -0.4 is 5.32 Å². The Morgan fingerprint density at radius 2 is 2.39 bits per heavy atom. The van der Waals surface area contributed by atoms with Crippen molar-refractivity contribution in [2.75, 3.05) is 13.1 Å². The van der Waals surface area contributed by atoms with E-state index in [1.807, 2.05) is 18.2 Å². The molecule has 1 amide bonds. The molecule has 1 unspecified atom stereocenters. The Kier molecular flexibility index (Phi) is 3.96. The average molecular weight is 243 g/mol. The van der Waals surface area contributed by atoms with Gasteiger partial charge >= 0.3 is 0 Å². The van der Waals surface area contributed by atoms with Gasteiger partial charge in [-0.3, -0.25) is 9.69 Å². The van der Waals surface area contributed by atoms with E-state index in [1.165, 1.54) is 0 Å². The SMILES string of the molecule is CC1CC(=O)NCCN1Cc1cccc(C#N)c1. The van der Waals surface area contributed by atoms with Gasteiger partial charge in [-0.05, 0) is 24.6 Å². The number of amides is 1. The summed E-state index contributed by atoms with van der Waals surface area (Å²) in [5.74, 6) is 0.121. The van der Waals surface area contributed by atoms with Crippen molar-refractivity contribution in [1.29, 1.82) is 5.26 Å². The third-order valence-corrected chi connectivity index (χ3v) is 3.27. The normalized spacial score (nSPS) is 20.9. The number of carbonyl (C=O) groups excluding carboxylic acids is 1. The summed E-state index contributed by atoms with van der Waals surface area (Å²) < 4.78 is 0. The first kappa shape index (κ1) is 12.6. The van der Waals surface area contributed by atoms with Crippen molar-refractivity contribution in [1.82, 2.24) is 10.2 Å². The van der Waals surface area contributed by atoms with Crippen LogP contribution in [0.5, 0.6) is 0 Å². The van der Waals surface area contributed by atoms with Gasteiger partial charge in [0.1, 0.15) is 0 Å². The molecule has 1 aromatic carbocycles. The molecule has 0 aromatic heterocycles. The van der Waals surface area contributed by atoms with Crippen molar-refractivity contribution in [3.05, 3.63) is 35.4 Å². The zero-order valence-electron chi connectivity index (χ0n) is 10.5. The van der Waals surface area contributed by atoms with Gasteiger partial charge in [-0.25, -0.2) is 0 Å². The van der Waals surface area contributed by atoms with Gasteiger partial charge in [0, 0.05) is 32.1 Å². The fraction of sp³-hybridized carbons (Fsp3) is 0.429. The van der Waals surface area contributed by atoms with E-state index in [1.54, 1.807) is 6.07 Å². The fourth-order valence-corrected chi connectivity index (χ4v) is 2.24. The van der Waals surface area contributed by atoms with Gasteiger partial charge in [-0.15, -0.1) is 0 Å². The highest BCUT2D eigenvalue weighted by Crippen LogP contribution is 2.13. The monoisotopic (exact) mass is 243 g/mol. The minimum Gasteiger partial charge on any atom is -0.355 e. The molecule has 1 heterocycles. The highest BCUT2D eigenvalue weighted by atomic mass is 16.1. The van der Waals surface area contributed by atoms with Crippen molar-refractivity contribution < 1.29 is 4.79 Å². The Morgan fingerprint density at radius 3 is 3.17 bits per heavy atom. The molecule has 1 fully saturated rings. The number of nitrogens with one attached hydrogen (secondary N) is 1. The molecule has 4 heteroatoms. The van der Waals surface area contributed by atoms with Crippen LogP contribution in [0.4, 0.5) is 0 Å². The average Bonchev–Trinajstić information content (AvgIpc) is 2.52. The summed E-state index contributed by atoms with van der Waals surface area (Å²) in [6, 6.07) is 10.0. The molecule has 94 valence electrons. The third-order valence-electron chi connectivity index (χ3n) is 3.27. The molecule has 1 saturated heterocycles. The first-order chi connectivity index (χ1) is 8.69. The highest BCUT2D eigenvalue weighted by molar-refractivity contribution is 5.76. The zero-order valence-corrected chi connectivity index (χ0v) is 10.5. The van der Waals surface area contributed by atoms with Gasteiger partial charge in [0.2, 0.25) is 5.91 Å². The summed E-state index contributed by atoms with van der Waals surface area (Å²) >= 11 is 0. The molecule has 18 heavy (non-hydrogen) atoms.